The summed E-state index contributed by atoms with van der Waals surface area (Å²) in [6.07, 6.45) is 0.909. The van der Waals surface area contributed by atoms with Crippen molar-refractivity contribution in [3.63, 3.8) is 0 Å². The van der Waals surface area contributed by atoms with Crippen LogP contribution in [0.1, 0.15) is 19.3 Å². The highest BCUT2D eigenvalue weighted by molar-refractivity contribution is 6.21. The summed E-state index contributed by atoms with van der Waals surface area (Å²) >= 11 is 0. The van der Waals surface area contributed by atoms with Crippen LogP contribution in [0.25, 0.3) is 0 Å². The molecule has 0 aromatic rings. The van der Waals surface area contributed by atoms with Crippen molar-refractivity contribution < 1.29 is 29.4 Å². The van der Waals surface area contributed by atoms with Gasteiger partial charge in [0.15, 0.2) is 12.4 Å². The molecule has 106 valence electrons. The van der Waals surface area contributed by atoms with Gasteiger partial charge in [-0.15, -0.1) is 0 Å². The third-order valence-corrected chi connectivity index (χ3v) is 2.42. The molecule has 2 amide bonds. The van der Waals surface area contributed by atoms with Crippen molar-refractivity contribution in [2.75, 3.05) is 0 Å². The first-order chi connectivity index (χ1) is 9.32. The highest BCUT2D eigenvalue weighted by atomic mass is 16.4. The zero-order chi connectivity index (χ0) is 15.8. The van der Waals surface area contributed by atoms with E-state index in [1.165, 1.54) is 23.0 Å². The van der Waals surface area contributed by atoms with Crippen molar-refractivity contribution in [3.8, 4) is 12.4 Å². The van der Waals surface area contributed by atoms with Crippen molar-refractivity contribution in [1.29, 1.82) is 10.5 Å². The number of amides is 2. The van der Waals surface area contributed by atoms with Gasteiger partial charge < -0.3 is 10.2 Å². The van der Waals surface area contributed by atoms with Crippen LogP contribution in [0.3, 0.4) is 0 Å². The largest absolute Gasteiger partial charge is 0.481 e. The Bertz CT molecular complexity index is 487. The molecule has 0 spiro atoms. The molecule has 0 saturated carbocycles. The molecule has 0 rings (SSSR count). The standard InChI is InChI=1S/C10H10N4O6/c11-4-13-7(17)10(9(19)20,8(18)14-5-12)3-1-2-6(15)16/h1-3H2,(H,13,17)(H,14,18)(H,15,16)(H,19,20). The molecule has 20 heavy (non-hydrogen) atoms. The quantitative estimate of drug-likeness (QED) is 0.247. The number of hydrogen-bond acceptors (Lipinski definition) is 6. The summed E-state index contributed by atoms with van der Waals surface area (Å²) in [7, 11) is 0. The van der Waals surface area contributed by atoms with E-state index >= 15 is 0 Å². The number of nitrogens with one attached hydrogen (secondary N) is 2. The molecule has 0 radical (unpaired) electrons. The van der Waals surface area contributed by atoms with Crippen LogP contribution in [0.5, 0.6) is 0 Å². The van der Waals surface area contributed by atoms with Crippen molar-refractivity contribution in [1.82, 2.24) is 10.6 Å². The SMILES string of the molecule is N#CNC(=O)C(CCCC(=O)O)(C(=O)O)C(=O)NC#N. The molecular weight excluding hydrogens is 272 g/mol. The summed E-state index contributed by atoms with van der Waals surface area (Å²) in [5.41, 5.74) is -2.74. The van der Waals surface area contributed by atoms with Gasteiger partial charge in [-0.1, -0.05) is 0 Å². The lowest BCUT2D eigenvalue weighted by Gasteiger charge is -2.23. The number of carbonyl (C=O) groups excluding carboxylic acids is 2. The maximum Gasteiger partial charge on any atom is 0.329 e. The number of nitriles is 2. The lowest BCUT2D eigenvalue weighted by Crippen LogP contribution is -2.54. The average Bonchev–Trinajstić information content (AvgIpc) is 2.34. The zero-order valence-electron chi connectivity index (χ0n) is 10.0. The molecule has 0 heterocycles. The molecule has 4 N–H and O–H groups in total. The Hall–Kier alpha value is -3.14. The van der Waals surface area contributed by atoms with Crippen LogP contribution in [0.15, 0.2) is 0 Å². The molecule has 0 aliphatic rings. The van der Waals surface area contributed by atoms with E-state index in [2.05, 4.69) is 0 Å². The Labute approximate surface area is 112 Å². The monoisotopic (exact) mass is 282 g/mol. The van der Waals surface area contributed by atoms with E-state index in [4.69, 9.17) is 20.7 Å². The molecule has 10 heteroatoms. The Morgan fingerprint density at radius 1 is 1.00 bits per heavy atom. The fourth-order valence-electron chi connectivity index (χ4n) is 1.45. The predicted molar refractivity (Wildman–Crippen MR) is 59.1 cm³/mol. The Balaban J connectivity index is 5.47. The van der Waals surface area contributed by atoms with Gasteiger partial charge in [0.25, 0.3) is 11.8 Å². The number of carboxylic acid groups (broad SMARTS) is 2. The van der Waals surface area contributed by atoms with E-state index in [1.807, 2.05) is 0 Å². The maximum absolute atomic E-state index is 11.7. The summed E-state index contributed by atoms with van der Waals surface area (Å²) in [6, 6.07) is 0. The van der Waals surface area contributed by atoms with Crippen molar-refractivity contribution in [2.24, 2.45) is 5.41 Å². The fourth-order valence-corrected chi connectivity index (χ4v) is 1.45. The second-order valence-electron chi connectivity index (χ2n) is 3.59. The Kier molecular flexibility index (Phi) is 6.18. The number of carboxylic acids is 2. The highest BCUT2D eigenvalue weighted by Gasteiger charge is 2.53. The normalized spacial score (nSPS) is 9.70. The molecule has 0 aromatic carbocycles. The highest BCUT2D eigenvalue weighted by Crippen LogP contribution is 2.26. The summed E-state index contributed by atoms with van der Waals surface area (Å²) < 4.78 is 0. The van der Waals surface area contributed by atoms with E-state index in [1.54, 1.807) is 0 Å². The maximum atomic E-state index is 11.7. The molecule has 0 atom stereocenters. The van der Waals surface area contributed by atoms with Gasteiger partial charge in [0.1, 0.15) is 0 Å². The van der Waals surface area contributed by atoms with Crippen LogP contribution in [-0.2, 0) is 19.2 Å². The summed E-state index contributed by atoms with van der Waals surface area (Å²) in [6.45, 7) is 0. The Morgan fingerprint density at radius 2 is 1.45 bits per heavy atom. The van der Waals surface area contributed by atoms with E-state index in [0.717, 1.165) is 0 Å². The van der Waals surface area contributed by atoms with Crippen LogP contribution in [0.4, 0.5) is 0 Å². The van der Waals surface area contributed by atoms with E-state index in [0.29, 0.717) is 0 Å². The first-order valence-corrected chi connectivity index (χ1v) is 5.17. The third-order valence-electron chi connectivity index (χ3n) is 2.42. The topological polar surface area (TPSA) is 180 Å². The summed E-state index contributed by atoms with van der Waals surface area (Å²) in [4.78, 5) is 45.0. The molecule has 0 aromatic heterocycles. The zero-order valence-corrected chi connectivity index (χ0v) is 10.0. The minimum atomic E-state index is -2.74. The number of hydrogen-bond donors (Lipinski definition) is 4. The van der Waals surface area contributed by atoms with Gasteiger partial charge in [-0.25, -0.2) is 0 Å². The van der Waals surface area contributed by atoms with Crippen molar-refractivity contribution >= 4 is 23.8 Å². The Morgan fingerprint density at radius 3 is 1.75 bits per heavy atom. The van der Waals surface area contributed by atoms with Crippen LogP contribution >= 0.6 is 0 Å². The van der Waals surface area contributed by atoms with Crippen molar-refractivity contribution in [2.45, 2.75) is 19.3 Å². The van der Waals surface area contributed by atoms with Crippen LogP contribution in [-0.4, -0.2) is 34.0 Å². The average molecular weight is 282 g/mol. The molecule has 0 bridgehead atoms. The number of carbonyl (C=O) groups is 4. The van der Waals surface area contributed by atoms with Crippen LogP contribution < -0.4 is 10.6 Å². The van der Waals surface area contributed by atoms with Gasteiger partial charge in [-0.2, -0.15) is 10.5 Å². The second-order valence-corrected chi connectivity index (χ2v) is 3.59. The molecule has 0 unspecified atom stereocenters. The van der Waals surface area contributed by atoms with Gasteiger partial charge in [-0.3, -0.25) is 29.8 Å². The predicted octanol–water partition coefficient (Wildman–Crippen LogP) is -1.49. The van der Waals surface area contributed by atoms with E-state index < -0.39 is 42.0 Å². The lowest BCUT2D eigenvalue weighted by atomic mass is 9.80. The molecule has 0 saturated heterocycles. The second kappa shape index (κ2) is 7.33. The van der Waals surface area contributed by atoms with Gasteiger partial charge in [0, 0.05) is 6.42 Å². The first kappa shape index (κ1) is 16.9. The number of aliphatic carboxylic acids is 2. The molecular formula is C10H10N4O6. The number of nitrogens with zero attached hydrogens (tertiary/aromatic N) is 2. The molecule has 0 fully saturated rings. The molecule has 0 aliphatic carbocycles. The molecule has 0 aliphatic heterocycles. The van der Waals surface area contributed by atoms with Gasteiger partial charge in [-0.05, 0) is 12.8 Å². The lowest BCUT2D eigenvalue weighted by molar-refractivity contribution is -0.162. The smallest absolute Gasteiger partial charge is 0.329 e. The van der Waals surface area contributed by atoms with E-state index in [9.17, 15) is 19.2 Å². The van der Waals surface area contributed by atoms with Crippen LogP contribution in [0, 0.1) is 28.3 Å². The van der Waals surface area contributed by atoms with E-state index in [-0.39, 0.29) is 6.42 Å². The first-order valence-electron chi connectivity index (χ1n) is 5.17. The van der Waals surface area contributed by atoms with Gasteiger partial charge in [0.2, 0.25) is 5.41 Å². The summed E-state index contributed by atoms with van der Waals surface area (Å²) in [5, 5.41) is 37.3. The van der Waals surface area contributed by atoms with Gasteiger partial charge >= 0.3 is 11.9 Å². The summed E-state index contributed by atoms with van der Waals surface area (Å²) in [5.74, 6) is -6.01. The van der Waals surface area contributed by atoms with Crippen molar-refractivity contribution in [3.05, 3.63) is 0 Å². The number of rotatable bonds is 7. The minimum Gasteiger partial charge on any atom is -0.481 e. The van der Waals surface area contributed by atoms with Gasteiger partial charge in [0.05, 0.1) is 0 Å². The van der Waals surface area contributed by atoms with Crippen LogP contribution in [0.2, 0.25) is 0 Å². The minimum absolute atomic E-state index is 0.306. The third kappa shape index (κ3) is 3.68. The molecule has 10 nitrogen and oxygen atoms in total. The fraction of sp³-hybridized carbons (Fsp3) is 0.400.